The molecule has 0 atom stereocenters. The van der Waals surface area contributed by atoms with Gasteiger partial charge >= 0.3 is 6.16 Å². The summed E-state index contributed by atoms with van der Waals surface area (Å²) in [5.41, 5.74) is 0. The molecular weight excluding hydrogens is 218 g/mol. The van der Waals surface area contributed by atoms with Gasteiger partial charge in [-0.3, -0.25) is 5.01 Å². The third-order valence-electron chi connectivity index (χ3n) is 2.00. The lowest BCUT2D eigenvalue weighted by Crippen LogP contribution is -2.44. The van der Waals surface area contributed by atoms with E-state index in [1.54, 1.807) is 13.8 Å². The van der Waals surface area contributed by atoms with Crippen LogP contribution in [0.2, 0.25) is 0 Å². The first-order valence-corrected chi connectivity index (χ1v) is 5.16. The molecule has 1 aromatic heterocycles. The highest BCUT2D eigenvalue weighted by molar-refractivity contribution is 5.59. The first-order valence-electron chi connectivity index (χ1n) is 5.16. The number of nitrogens with zero attached hydrogens (tertiary/aromatic N) is 3. The third-order valence-corrected chi connectivity index (χ3v) is 2.00. The van der Waals surface area contributed by atoms with Gasteiger partial charge in [-0.25, -0.2) is 4.79 Å². The van der Waals surface area contributed by atoms with Crippen molar-refractivity contribution < 1.29 is 23.7 Å². The van der Waals surface area contributed by atoms with E-state index in [0.717, 1.165) is 24.5 Å². The Hall–Kier alpha value is -1.73. The number of ether oxygens (including phenoxy) is 2. The predicted molar refractivity (Wildman–Crippen MR) is 51.4 cm³/mol. The lowest BCUT2D eigenvalue weighted by Gasteiger charge is -2.25. The number of aromatic nitrogens is 2. The zero-order valence-electron chi connectivity index (χ0n) is 9.29. The summed E-state index contributed by atoms with van der Waals surface area (Å²) in [4.78, 5) is 17.3. The van der Waals surface area contributed by atoms with E-state index in [4.69, 9.17) is 14.2 Å². The minimum Gasteiger partial charge on any atom is -0.431 e. The maximum Gasteiger partial charge on any atom is 0.511 e. The van der Waals surface area contributed by atoms with E-state index in [0.29, 0.717) is 0 Å². The second-order valence-corrected chi connectivity index (χ2v) is 3.69. The molecule has 1 saturated heterocycles. The number of hydrogen-bond donors (Lipinski definition) is 0. The Morgan fingerprint density at radius 1 is 1.44 bits per heavy atom. The number of carbonyl (C=O) groups is 1. The normalized spacial score (nSPS) is 15.1. The van der Waals surface area contributed by atoms with Crippen molar-refractivity contribution in [1.29, 1.82) is 0 Å². The first-order chi connectivity index (χ1) is 7.66. The van der Waals surface area contributed by atoms with Gasteiger partial charge < -0.3 is 14.3 Å². The molecule has 1 aliphatic heterocycles. The summed E-state index contributed by atoms with van der Waals surface area (Å²) in [7, 11) is 0. The van der Waals surface area contributed by atoms with Gasteiger partial charge in [-0.15, -0.1) is 0 Å². The largest absolute Gasteiger partial charge is 0.511 e. The molecule has 2 rings (SSSR count). The molecule has 92 valence electrons. The van der Waals surface area contributed by atoms with E-state index < -0.39 is 6.16 Å². The van der Waals surface area contributed by atoms with Crippen molar-refractivity contribution in [2.75, 3.05) is 24.9 Å². The van der Waals surface area contributed by atoms with Gasteiger partial charge in [0.05, 0.1) is 6.10 Å². The van der Waals surface area contributed by atoms with Crippen molar-refractivity contribution in [3.05, 3.63) is 0 Å². The van der Waals surface area contributed by atoms with Crippen LogP contribution in [0.15, 0.2) is 4.63 Å². The predicted octanol–water partition coefficient (Wildman–Crippen LogP) is 0.172. The summed E-state index contributed by atoms with van der Waals surface area (Å²) in [5.74, 6) is 0. The zero-order valence-corrected chi connectivity index (χ0v) is 9.29. The maximum atomic E-state index is 10.9. The van der Waals surface area contributed by atoms with Gasteiger partial charge in [-0.2, -0.15) is 4.63 Å². The fourth-order valence-corrected chi connectivity index (χ4v) is 1.09. The molecule has 0 radical (unpaired) electrons. The van der Waals surface area contributed by atoms with Crippen LogP contribution in [0.1, 0.15) is 20.3 Å². The molecule has 16 heavy (non-hydrogen) atoms. The quantitative estimate of drug-likeness (QED) is 0.533. The molecule has 8 nitrogen and oxygen atoms in total. The zero-order chi connectivity index (χ0) is 11.5. The van der Waals surface area contributed by atoms with E-state index in [-0.39, 0.29) is 12.9 Å². The van der Waals surface area contributed by atoms with Crippen molar-refractivity contribution in [2.24, 2.45) is 0 Å². The van der Waals surface area contributed by atoms with E-state index in [9.17, 15) is 4.79 Å². The minimum absolute atomic E-state index is 0.206. The summed E-state index contributed by atoms with van der Waals surface area (Å²) in [6.45, 7) is 5.12. The van der Waals surface area contributed by atoms with Crippen molar-refractivity contribution in [3.8, 4) is 0 Å². The minimum atomic E-state index is -0.757. The van der Waals surface area contributed by atoms with Crippen molar-refractivity contribution in [3.63, 3.8) is 0 Å². The lowest BCUT2D eigenvalue weighted by molar-refractivity contribution is -0.0762. The van der Waals surface area contributed by atoms with Crippen molar-refractivity contribution in [1.82, 2.24) is 9.98 Å². The van der Waals surface area contributed by atoms with Gasteiger partial charge in [0.25, 0.3) is 6.79 Å². The van der Waals surface area contributed by atoms with E-state index in [1.807, 2.05) is 5.01 Å². The number of rotatable bonds is 5. The molecule has 8 heteroatoms. The molecule has 1 aromatic rings. The molecule has 0 aliphatic carbocycles. The Balaban J connectivity index is 1.57. The molecule has 0 bridgehead atoms. The number of carbonyl (C=O) groups excluding carboxylic acids is 1. The van der Waals surface area contributed by atoms with Crippen LogP contribution >= 0.6 is 0 Å². The molecule has 2 heterocycles. The molecule has 0 amide bonds. The Morgan fingerprint density at radius 3 is 2.75 bits per heavy atom. The van der Waals surface area contributed by atoms with Crippen molar-refractivity contribution in [2.45, 2.75) is 26.4 Å². The molecule has 0 spiro atoms. The van der Waals surface area contributed by atoms with Crippen LogP contribution in [-0.4, -0.2) is 42.1 Å². The second kappa shape index (κ2) is 4.42. The Labute approximate surface area is 92.0 Å². The lowest BCUT2D eigenvalue weighted by atomic mass is 10.3. The Bertz CT molecular complexity index is 335. The summed E-state index contributed by atoms with van der Waals surface area (Å²) in [6, 6.07) is 0. The van der Waals surface area contributed by atoms with Gasteiger partial charge in [0.1, 0.15) is 5.02 Å². The molecule has 0 unspecified atom stereocenters. The fraction of sp³-hybridized carbons (Fsp3) is 0.875. The number of hydrogen-bond acceptors (Lipinski definition) is 6. The van der Waals surface area contributed by atoms with Crippen LogP contribution in [0.5, 0.6) is 0 Å². The average molecular weight is 233 g/mol. The summed E-state index contributed by atoms with van der Waals surface area (Å²) < 4.78 is 14.3. The van der Waals surface area contributed by atoms with Crippen LogP contribution in [-0.2, 0) is 9.47 Å². The van der Waals surface area contributed by atoms with E-state index >= 15 is 0 Å². The van der Waals surface area contributed by atoms with Gasteiger partial charge in [0, 0.05) is 18.1 Å². The highest BCUT2D eigenvalue weighted by atomic mass is 17.0. The third kappa shape index (κ3) is 2.65. The molecule has 1 fully saturated rings. The Kier molecular flexibility index (Phi) is 2.97. The molecule has 0 N–H and O–H groups in total. The molecular formula is C8H15N3O5. The van der Waals surface area contributed by atoms with Gasteiger partial charge in [0.2, 0.25) is 0 Å². The van der Waals surface area contributed by atoms with Gasteiger partial charge in [0.15, 0.2) is 0 Å². The van der Waals surface area contributed by atoms with Crippen LogP contribution in [0.3, 0.4) is 0 Å². The van der Waals surface area contributed by atoms with E-state index in [2.05, 4.69) is 4.74 Å². The summed E-state index contributed by atoms with van der Waals surface area (Å²) >= 11 is 0. The van der Waals surface area contributed by atoms with Crippen LogP contribution in [0.25, 0.3) is 0 Å². The molecule has 0 saturated carbocycles. The SMILES string of the molecule is CC(C)OC(=O)OCOn1on1N1CCC1. The van der Waals surface area contributed by atoms with E-state index in [1.165, 1.54) is 4.96 Å². The van der Waals surface area contributed by atoms with Gasteiger partial charge in [-0.1, -0.05) is 0 Å². The molecule has 1 aliphatic rings. The monoisotopic (exact) mass is 233 g/mol. The average Bonchev–Trinajstić information content (AvgIpc) is 2.79. The smallest absolute Gasteiger partial charge is 0.431 e. The maximum absolute atomic E-state index is 10.9. The topological polar surface area (TPSA) is 71.0 Å². The van der Waals surface area contributed by atoms with Crippen LogP contribution in [0, 0.1) is 0 Å². The standard InChI is InChI=1S/C8H15N3O5/c1-7(2)15-8(12)13-6-14-11-10(16-11)9-4-3-5-9/h7H,3-6H2,1-2H3. The second-order valence-electron chi connectivity index (χ2n) is 3.69. The molecule has 0 aromatic carbocycles. The van der Waals surface area contributed by atoms with Crippen LogP contribution in [0.4, 0.5) is 4.79 Å². The summed E-state index contributed by atoms with van der Waals surface area (Å²) in [6.07, 6.45) is 0.181. The van der Waals surface area contributed by atoms with Crippen LogP contribution < -0.4 is 9.85 Å². The first kappa shape index (κ1) is 10.8. The highest BCUT2D eigenvalue weighted by Crippen LogP contribution is 2.07. The fourth-order valence-electron chi connectivity index (χ4n) is 1.09. The van der Waals surface area contributed by atoms with Gasteiger partial charge in [-0.05, 0) is 20.3 Å². The Morgan fingerprint density at radius 2 is 2.19 bits per heavy atom. The van der Waals surface area contributed by atoms with Crippen molar-refractivity contribution >= 4 is 6.16 Å². The summed E-state index contributed by atoms with van der Waals surface area (Å²) in [5, 5.41) is 3.08. The highest BCUT2D eigenvalue weighted by Gasteiger charge is 2.25.